The van der Waals surface area contributed by atoms with Crippen molar-refractivity contribution in [3.8, 4) is 0 Å². The maximum absolute atomic E-state index is 11.7. The van der Waals surface area contributed by atoms with Crippen LogP contribution in [-0.2, 0) is 24.3 Å². The minimum absolute atomic E-state index is 0. The predicted molar refractivity (Wildman–Crippen MR) is 123 cm³/mol. The molecule has 2 rings (SSSR count). The predicted octanol–water partition coefficient (Wildman–Crippen LogP) is 2.56. The first kappa shape index (κ1) is 23.9. The van der Waals surface area contributed by atoms with E-state index in [1.54, 1.807) is 13.4 Å². The minimum atomic E-state index is 0. The highest BCUT2D eigenvalue weighted by Crippen LogP contribution is 2.11. The minimum Gasteiger partial charge on any atom is -0.355 e. The number of aliphatic imine (C=N–C) groups is 1. The molecular formula is C19H30IN7O. The second kappa shape index (κ2) is 13.1. The second-order valence-electron chi connectivity index (χ2n) is 6.15. The third kappa shape index (κ3) is 7.83. The summed E-state index contributed by atoms with van der Waals surface area (Å²) in [4.78, 5) is 16.0. The van der Waals surface area contributed by atoms with Crippen molar-refractivity contribution in [2.24, 2.45) is 4.99 Å². The van der Waals surface area contributed by atoms with Crippen LogP contribution in [0.15, 0.2) is 35.6 Å². The number of anilines is 1. The molecule has 0 aliphatic carbocycles. The van der Waals surface area contributed by atoms with Gasteiger partial charge in [-0.05, 0) is 24.1 Å². The summed E-state index contributed by atoms with van der Waals surface area (Å²) >= 11 is 0. The van der Waals surface area contributed by atoms with Crippen molar-refractivity contribution in [1.29, 1.82) is 0 Å². The Hall–Kier alpha value is -2.17. The molecule has 0 spiro atoms. The number of aromatic nitrogens is 3. The Labute approximate surface area is 183 Å². The number of amides is 1. The SMILES string of the molecule is CCCC(=O)Nc1cccc(CNC(=NC)NCCn2cnnc2CC)c1.I. The van der Waals surface area contributed by atoms with Gasteiger partial charge in [-0.15, -0.1) is 34.2 Å². The van der Waals surface area contributed by atoms with E-state index in [4.69, 9.17) is 0 Å². The van der Waals surface area contributed by atoms with E-state index in [0.29, 0.717) is 13.0 Å². The van der Waals surface area contributed by atoms with Gasteiger partial charge in [-0.2, -0.15) is 0 Å². The van der Waals surface area contributed by atoms with Gasteiger partial charge in [0.1, 0.15) is 12.2 Å². The molecule has 0 saturated carbocycles. The van der Waals surface area contributed by atoms with Gasteiger partial charge in [0.05, 0.1) is 0 Å². The number of hydrogen-bond donors (Lipinski definition) is 3. The van der Waals surface area contributed by atoms with Gasteiger partial charge in [-0.3, -0.25) is 9.79 Å². The van der Waals surface area contributed by atoms with Gasteiger partial charge in [0, 0.05) is 45.2 Å². The maximum Gasteiger partial charge on any atom is 0.224 e. The van der Waals surface area contributed by atoms with Crippen LogP contribution in [0.3, 0.4) is 0 Å². The Kier molecular flexibility index (Phi) is 11.2. The van der Waals surface area contributed by atoms with E-state index in [9.17, 15) is 4.79 Å². The van der Waals surface area contributed by atoms with Crippen molar-refractivity contribution in [1.82, 2.24) is 25.4 Å². The summed E-state index contributed by atoms with van der Waals surface area (Å²) in [6.07, 6.45) is 3.97. The van der Waals surface area contributed by atoms with Crippen LogP contribution in [0.1, 0.15) is 38.1 Å². The molecule has 0 atom stereocenters. The third-order valence-corrected chi connectivity index (χ3v) is 4.03. The molecule has 154 valence electrons. The summed E-state index contributed by atoms with van der Waals surface area (Å²) in [7, 11) is 1.74. The van der Waals surface area contributed by atoms with Crippen LogP contribution >= 0.6 is 24.0 Å². The molecule has 0 aliphatic heterocycles. The number of nitrogens with zero attached hydrogens (tertiary/aromatic N) is 4. The number of carbonyl (C=O) groups is 1. The van der Waals surface area contributed by atoms with Gasteiger partial charge in [-0.1, -0.05) is 26.0 Å². The number of aryl methyl sites for hydroxylation is 1. The molecule has 1 amide bonds. The summed E-state index contributed by atoms with van der Waals surface area (Å²) in [5.74, 6) is 1.74. The zero-order chi connectivity index (χ0) is 19.5. The molecule has 2 aromatic rings. The monoisotopic (exact) mass is 499 g/mol. The topological polar surface area (TPSA) is 96.2 Å². The number of guanidine groups is 1. The molecule has 0 bridgehead atoms. The average Bonchev–Trinajstić information content (AvgIpc) is 3.12. The number of carbonyl (C=O) groups excluding carboxylic acids is 1. The zero-order valence-electron chi connectivity index (χ0n) is 16.7. The molecule has 1 aromatic heterocycles. The van der Waals surface area contributed by atoms with E-state index in [1.165, 1.54) is 0 Å². The molecule has 8 nitrogen and oxygen atoms in total. The molecule has 0 saturated heterocycles. The van der Waals surface area contributed by atoms with Crippen LogP contribution < -0.4 is 16.0 Å². The maximum atomic E-state index is 11.7. The van der Waals surface area contributed by atoms with Crippen LogP contribution in [0, 0.1) is 0 Å². The number of hydrogen-bond acceptors (Lipinski definition) is 4. The third-order valence-electron chi connectivity index (χ3n) is 4.03. The van der Waals surface area contributed by atoms with E-state index < -0.39 is 0 Å². The number of rotatable bonds is 9. The molecule has 0 radical (unpaired) electrons. The first-order chi connectivity index (χ1) is 13.2. The lowest BCUT2D eigenvalue weighted by Crippen LogP contribution is -2.38. The molecular weight excluding hydrogens is 469 g/mol. The average molecular weight is 499 g/mol. The first-order valence-corrected chi connectivity index (χ1v) is 9.36. The van der Waals surface area contributed by atoms with Gasteiger partial charge >= 0.3 is 0 Å². The zero-order valence-corrected chi connectivity index (χ0v) is 19.1. The van der Waals surface area contributed by atoms with Crippen LogP contribution in [0.5, 0.6) is 0 Å². The summed E-state index contributed by atoms with van der Waals surface area (Å²) in [5.41, 5.74) is 1.88. The second-order valence-corrected chi connectivity index (χ2v) is 6.15. The fourth-order valence-corrected chi connectivity index (χ4v) is 2.65. The van der Waals surface area contributed by atoms with Crippen LogP contribution in [-0.4, -0.2) is 40.2 Å². The van der Waals surface area contributed by atoms with Crippen molar-refractivity contribution in [2.45, 2.75) is 46.2 Å². The summed E-state index contributed by atoms with van der Waals surface area (Å²) in [6.45, 7) is 6.16. The van der Waals surface area contributed by atoms with Gasteiger partial charge < -0.3 is 20.5 Å². The van der Waals surface area contributed by atoms with Crippen LogP contribution in [0.4, 0.5) is 5.69 Å². The summed E-state index contributed by atoms with van der Waals surface area (Å²) in [6, 6.07) is 7.82. The number of benzene rings is 1. The molecule has 1 heterocycles. The van der Waals surface area contributed by atoms with E-state index in [0.717, 1.165) is 49.0 Å². The number of halogens is 1. The van der Waals surface area contributed by atoms with Crippen LogP contribution in [0.2, 0.25) is 0 Å². The van der Waals surface area contributed by atoms with Gasteiger partial charge in [-0.25, -0.2) is 0 Å². The van der Waals surface area contributed by atoms with E-state index in [2.05, 4.69) is 38.1 Å². The lowest BCUT2D eigenvalue weighted by Gasteiger charge is -2.13. The highest BCUT2D eigenvalue weighted by atomic mass is 127. The van der Waals surface area contributed by atoms with Gasteiger partial charge in [0.15, 0.2) is 5.96 Å². The van der Waals surface area contributed by atoms with Crippen LogP contribution in [0.25, 0.3) is 0 Å². The Morgan fingerprint density at radius 3 is 2.79 bits per heavy atom. The molecule has 0 fully saturated rings. The lowest BCUT2D eigenvalue weighted by atomic mass is 10.2. The fourth-order valence-electron chi connectivity index (χ4n) is 2.65. The number of nitrogens with one attached hydrogen (secondary N) is 3. The normalized spacial score (nSPS) is 10.9. The Balaban J connectivity index is 0.00000392. The quantitative estimate of drug-likeness (QED) is 0.280. The lowest BCUT2D eigenvalue weighted by molar-refractivity contribution is -0.116. The molecule has 28 heavy (non-hydrogen) atoms. The largest absolute Gasteiger partial charge is 0.355 e. The van der Waals surface area contributed by atoms with E-state index >= 15 is 0 Å². The highest BCUT2D eigenvalue weighted by molar-refractivity contribution is 14.0. The molecule has 9 heteroatoms. The van der Waals surface area contributed by atoms with E-state index in [1.807, 2.05) is 35.8 Å². The van der Waals surface area contributed by atoms with Crippen molar-refractivity contribution in [2.75, 3.05) is 18.9 Å². The van der Waals surface area contributed by atoms with Crippen molar-refractivity contribution >= 4 is 41.5 Å². The molecule has 0 unspecified atom stereocenters. The van der Waals surface area contributed by atoms with Gasteiger partial charge in [0.25, 0.3) is 0 Å². The summed E-state index contributed by atoms with van der Waals surface area (Å²) in [5, 5.41) is 17.5. The molecule has 0 aliphatic rings. The standard InChI is InChI=1S/C19H29N7O.HI/c1-4-7-18(27)24-16-9-6-8-15(12-16)13-22-19(20-3)21-10-11-26-14-23-25-17(26)5-2;/h6,8-9,12,14H,4-5,7,10-11,13H2,1-3H3,(H,24,27)(H2,20,21,22);1H. The smallest absolute Gasteiger partial charge is 0.224 e. The van der Waals surface area contributed by atoms with Gasteiger partial charge in [0.2, 0.25) is 5.91 Å². The fraction of sp³-hybridized carbons (Fsp3) is 0.474. The summed E-state index contributed by atoms with van der Waals surface area (Å²) < 4.78 is 2.03. The van der Waals surface area contributed by atoms with Crippen molar-refractivity contribution < 1.29 is 4.79 Å². The van der Waals surface area contributed by atoms with E-state index in [-0.39, 0.29) is 29.9 Å². The molecule has 3 N–H and O–H groups in total. The van der Waals surface area contributed by atoms with Crippen molar-refractivity contribution in [3.63, 3.8) is 0 Å². The first-order valence-electron chi connectivity index (χ1n) is 9.36. The molecule has 1 aromatic carbocycles. The van der Waals surface area contributed by atoms with Crippen molar-refractivity contribution in [3.05, 3.63) is 42.0 Å². The Morgan fingerprint density at radius 2 is 2.07 bits per heavy atom. The highest BCUT2D eigenvalue weighted by Gasteiger charge is 2.04. The Bertz CT molecular complexity index is 760. The Morgan fingerprint density at radius 1 is 1.25 bits per heavy atom.